The zero-order valence-electron chi connectivity index (χ0n) is 16.7. The first kappa shape index (κ1) is 22.6. The monoisotopic (exact) mass is 452 g/mol. The largest absolute Gasteiger partial charge is 0.493 e. The SMILES string of the molecule is CSCCOc1cccc(CNC(=O)[C@@H]2CCCN2S(=O)(=O)c2ccc(F)cc2)c1. The molecule has 0 saturated carbocycles. The fourth-order valence-corrected chi connectivity index (χ4v) is 5.23. The average molecular weight is 453 g/mol. The van der Waals surface area contributed by atoms with E-state index in [2.05, 4.69) is 5.32 Å². The summed E-state index contributed by atoms with van der Waals surface area (Å²) in [6.45, 7) is 1.14. The molecule has 1 heterocycles. The summed E-state index contributed by atoms with van der Waals surface area (Å²) in [6, 6.07) is 11.3. The van der Waals surface area contributed by atoms with Gasteiger partial charge in [0.2, 0.25) is 15.9 Å². The van der Waals surface area contributed by atoms with E-state index in [1.54, 1.807) is 11.8 Å². The molecule has 1 atom stereocenters. The quantitative estimate of drug-likeness (QED) is 0.592. The average Bonchev–Trinajstić information content (AvgIpc) is 3.24. The van der Waals surface area contributed by atoms with Crippen LogP contribution in [0.1, 0.15) is 18.4 Å². The van der Waals surface area contributed by atoms with E-state index < -0.39 is 21.9 Å². The molecule has 2 aromatic carbocycles. The number of hydrogen-bond acceptors (Lipinski definition) is 5. The lowest BCUT2D eigenvalue weighted by Gasteiger charge is -2.23. The van der Waals surface area contributed by atoms with Crippen molar-refractivity contribution < 1.29 is 22.3 Å². The predicted octanol–water partition coefficient (Wildman–Crippen LogP) is 3.04. The molecule has 30 heavy (non-hydrogen) atoms. The molecular weight excluding hydrogens is 427 g/mol. The van der Waals surface area contributed by atoms with E-state index in [-0.39, 0.29) is 23.9 Å². The number of halogens is 1. The summed E-state index contributed by atoms with van der Waals surface area (Å²) in [7, 11) is -3.87. The van der Waals surface area contributed by atoms with Gasteiger partial charge in [-0.15, -0.1) is 0 Å². The van der Waals surface area contributed by atoms with Crippen molar-refractivity contribution in [3.8, 4) is 5.75 Å². The topological polar surface area (TPSA) is 75.7 Å². The predicted molar refractivity (Wildman–Crippen MR) is 115 cm³/mol. The minimum Gasteiger partial charge on any atom is -0.493 e. The van der Waals surface area contributed by atoms with Gasteiger partial charge in [-0.1, -0.05) is 12.1 Å². The molecule has 6 nitrogen and oxygen atoms in total. The number of rotatable bonds is 9. The van der Waals surface area contributed by atoms with Gasteiger partial charge < -0.3 is 10.1 Å². The minimum atomic E-state index is -3.87. The number of nitrogens with one attached hydrogen (secondary N) is 1. The fraction of sp³-hybridized carbons (Fsp3) is 0.381. The van der Waals surface area contributed by atoms with Gasteiger partial charge >= 0.3 is 0 Å². The first-order valence-corrected chi connectivity index (χ1v) is 12.5. The molecule has 0 unspecified atom stereocenters. The lowest BCUT2D eigenvalue weighted by Crippen LogP contribution is -2.45. The number of nitrogens with zero attached hydrogens (tertiary/aromatic N) is 1. The number of ether oxygens (including phenoxy) is 1. The number of carbonyl (C=O) groups is 1. The molecule has 1 amide bonds. The highest BCUT2D eigenvalue weighted by molar-refractivity contribution is 7.98. The maximum Gasteiger partial charge on any atom is 0.243 e. The normalized spacial score (nSPS) is 17.1. The van der Waals surface area contributed by atoms with Crippen molar-refractivity contribution >= 4 is 27.7 Å². The van der Waals surface area contributed by atoms with Crippen LogP contribution in [0.25, 0.3) is 0 Å². The first-order chi connectivity index (χ1) is 14.4. The lowest BCUT2D eigenvalue weighted by atomic mass is 10.2. The maximum atomic E-state index is 13.2. The van der Waals surface area contributed by atoms with Crippen LogP contribution >= 0.6 is 11.8 Å². The van der Waals surface area contributed by atoms with Crippen LogP contribution in [0.4, 0.5) is 4.39 Å². The molecule has 1 aliphatic rings. The van der Waals surface area contributed by atoms with Gasteiger partial charge in [0.1, 0.15) is 17.6 Å². The third-order valence-electron chi connectivity index (χ3n) is 4.85. The molecule has 1 aliphatic heterocycles. The molecule has 0 aromatic heterocycles. The van der Waals surface area contributed by atoms with Crippen LogP contribution in [0, 0.1) is 5.82 Å². The standard InChI is InChI=1S/C21H25FN2O4S2/c1-29-13-12-28-18-5-2-4-16(14-18)15-23-21(25)20-6-3-11-24(20)30(26,27)19-9-7-17(22)8-10-19/h2,4-5,7-10,14,20H,3,6,11-13,15H2,1H3,(H,23,25)/t20-/m0/s1. The van der Waals surface area contributed by atoms with E-state index >= 15 is 0 Å². The Bertz CT molecular complexity index is 967. The van der Waals surface area contributed by atoms with Crippen molar-refractivity contribution in [3.05, 3.63) is 59.9 Å². The molecule has 0 radical (unpaired) electrons. The van der Waals surface area contributed by atoms with E-state index in [1.165, 1.54) is 16.4 Å². The van der Waals surface area contributed by atoms with Crippen LogP contribution in [-0.2, 0) is 21.4 Å². The molecule has 1 N–H and O–H groups in total. The second-order valence-corrected chi connectivity index (χ2v) is 9.81. The molecule has 9 heteroatoms. The Morgan fingerprint density at radius 2 is 2.03 bits per heavy atom. The summed E-state index contributed by atoms with van der Waals surface area (Å²) < 4.78 is 45.8. The Morgan fingerprint density at radius 3 is 2.77 bits per heavy atom. The van der Waals surface area contributed by atoms with Crippen molar-refractivity contribution in [1.82, 2.24) is 9.62 Å². The van der Waals surface area contributed by atoms with E-state index in [0.29, 0.717) is 19.4 Å². The number of thioether (sulfide) groups is 1. The van der Waals surface area contributed by atoms with Gasteiger partial charge in [0.05, 0.1) is 11.5 Å². The van der Waals surface area contributed by atoms with Crippen molar-refractivity contribution in [2.45, 2.75) is 30.3 Å². The van der Waals surface area contributed by atoms with Crippen LogP contribution in [0.3, 0.4) is 0 Å². The Labute approximate surface area is 180 Å². The van der Waals surface area contributed by atoms with Crippen molar-refractivity contribution in [2.24, 2.45) is 0 Å². The fourth-order valence-electron chi connectivity index (χ4n) is 3.33. The number of hydrogen-bond donors (Lipinski definition) is 1. The number of benzene rings is 2. The zero-order chi connectivity index (χ0) is 21.6. The number of sulfonamides is 1. The third kappa shape index (κ3) is 5.53. The second-order valence-electron chi connectivity index (χ2n) is 6.93. The Balaban J connectivity index is 1.63. The smallest absolute Gasteiger partial charge is 0.243 e. The highest BCUT2D eigenvalue weighted by atomic mass is 32.2. The summed E-state index contributed by atoms with van der Waals surface area (Å²) in [5.41, 5.74) is 0.871. The molecule has 3 rings (SSSR count). The number of carbonyl (C=O) groups excluding carboxylic acids is 1. The maximum absolute atomic E-state index is 13.2. The molecular formula is C21H25FN2O4S2. The van der Waals surface area contributed by atoms with E-state index in [0.717, 1.165) is 29.2 Å². The summed E-state index contributed by atoms with van der Waals surface area (Å²) in [5, 5.41) is 2.83. The van der Waals surface area contributed by atoms with Gasteiger partial charge in [0, 0.05) is 18.8 Å². The third-order valence-corrected chi connectivity index (χ3v) is 7.35. The minimum absolute atomic E-state index is 0.0151. The van der Waals surface area contributed by atoms with Crippen LogP contribution in [-0.4, -0.2) is 49.8 Å². The molecule has 162 valence electrons. The van der Waals surface area contributed by atoms with Gasteiger partial charge in [-0.3, -0.25) is 4.79 Å². The second kappa shape index (κ2) is 10.3. The van der Waals surface area contributed by atoms with Crippen LogP contribution in [0.15, 0.2) is 53.4 Å². The Kier molecular flexibility index (Phi) is 7.74. The molecule has 0 spiro atoms. The molecule has 1 saturated heterocycles. The molecule has 0 bridgehead atoms. The lowest BCUT2D eigenvalue weighted by molar-refractivity contribution is -0.124. The van der Waals surface area contributed by atoms with Gasteiger partial charge in [-0.05, 0) is 61.1 Å². The molecule has 2 aromatic rings. The van der Waals surface area contributed by atoms with Crippen LogP contribution < -0.4 is 10.1 Å². The summed E-state index contributed by atoms with van der Waals surface area (Å²) in [4.78, 5) is 12.7. The van der Waals surface area contributed by atoms with E-state index in [9.17, 15) is 17.6 Å². The van der Waals surface area contributed by atoms with Gasteiger partial charge in [-0.25, -0.2) is 12.8 Å². The van der Waals surface area contributed by atoms with Crippen molar-refractivity contribution in [2.75, 3.05) is 25.2 Å². The first-order valence-electron chi connectivity index (χ1n) is 9.67. The van der Waals surface area contributed by atoms with E-state index in [4.69, 9.17) is 4.74 Å². The zero-order valence-corrected chi connectivity index (χ0v) is 18.3. The summed E-state index contributed by atoms with van der Waals surface area (Å²) in [5.74, 6) is 0.773. The van der Waals surface area contributed by atoms with Gasteiger partial charge in [0.25, 0.3) is 0 Å². The van der Waals surface area contributed by atoms with Crippen molar-refractivity contribution in [3.63, 3.8) is 0 Å². The summed E-state index contributed by atoms with van der Waals surface area (Å²) in [6.07, 6.45) is 3.05. The number of amides is 1. The van der Waals surface area contributed by atoms with Crippen molar-refractivity contribution in [1.29, 1.82) is 0 Å². The van der Waals surface area contributed by atoms with Gasteiger partial charge in [0.15, 0.2) is 0 Å². The summed E-state index contributed by atoms with van der Waals surface area (Å²) >= 11 is 1.70. The highest BCUT2D eigenvalue weighted by Crippen LogP contribution is 2.26. The Morgan fingerprint density at radius 1 is 1.27 bits per heavy atom. The molecule has 0 aliphatic carbocycles. The van der Waals surface area contributed by atoms with E-state index in [1.807, 2.05) is 30.5 Å². The Hall–Kier alpha value is -2.10. The van der Waals surface area contributed by atoms with Crippen LogP contribution in [0.2, 0.25) is 0 Å². The van der Waals surface area contributed by atoms with Gasteiger partial charge in [-0.2, -0.15) is 16.1 Å². The van der Waals surface area contributed by atoms with Crippen LogP contribution in [0.5, 0.6) is 5.75 Å². The highest BCUT2D eigenvalue weighted by Gasteiger charge is 2.39. The molecule has 1 fully saturated rings.